The third-order valence-corrected chi connectivity index (χ3v) is 6.51. The number of nitrogens with zero attached hydrogens (tertiary/aromatic N) is 2. The molecule has 0 unspecified atom stereocenters. The van der Waals surface area contributed by atoms with E-state index in [2.05, 4.69) is 58.0 Å². The van der Waals surface area contributed by atoms with Crippen molar-refractivity contribution >= 4 is 44.8 Å². The van der Waals surface area contributed by atoms with Gasteiger partial charge < -0.3 is 10.1 Å². The molecule has 5 nitrogen and oxygen atoms in total. The molecule has 0 aliphatic rings. The monoisotopic (exact) mass is 421 g/mol. The molecule has 4 aromatic rings. The van der Waals surface area contributed by atoms with Gasteiger partial charge in [0.25, 0.3) is 0 Å². The summed E-state index contributed by atoms with van der Waals surface area (Å²) < 4.78 is 5.99. The molecule has 0 fully saturated rings. The second-order valence-corrected chi connectivity index (χ2v) is 8.51. The summed E-state index contributed by atoms with van der Waals surface area (Å²) in [6, 6.07) is 21.8. The number of Topliss-reactive ketones (excluding diaryl/α,β-unsaturated/α-hetero) is 1. The first kappa shape index (κ1) is 19.4. The van der Waals surface area contributed by atoms with Crippen LogP contribution in [0, 0.1) is 0 Å². The summed E-state index contributed by atoms with van der Waals surface area (Å²) >= 11 is 3.11. The van der Waals surface area contributed by atoms with E-state index < -0.39 is 0 Å². The zero-order valence-corrected chi connectivity index (χ0v) is 17.4. The fourth-order valence-electron chi connectivity index (χ4n) is 2.93. The van der Waals surface area contributed by atoms with Gasteiger partial charge in [-0.1, -0.05) is 65.6 Å². The number of hydrogen-bond donors (Lipinski definition) is 1. The molecule has 0 radical (unpaired) electrons. The molecule has 1 aromatic heterocycles. The first-order valence-corrected chi connectivity index (χ1v) is 10.9. The molecular formula is C22H19N3O2S2. The van der Waals surface area contributed by atoms with Crippen LogP contribution in [-0.2, 0) is 5.75 Å². The number of benzene rings is 3. The number of carbonyl (C=O) groups is 1. The molecule has 0 atom stereocenters. The van der Waals surface area contributed by atoms with Crippen LogP contribution in [0.5, 0.6) is 5.75 Å². The number of anilines is 1. The van der Waals surface area contributed by atoms with Gasteiger partial charge in [-0.25, -0.2) is 0 Å². The number of fused-ring (bicyclic) bond motifs is 1. The Kier molecular flexibility index (Phi) is 6.07. The highest BCUT2D eigenvalue weighted by atomic mass is 32.2. The van der Waals surface area contributed by atoms with Crippen LogP contribution in [0.2, 0.25) is 0 Å². The average Bonchev–Trinajstić information content (AvgIpc) is 3.24. The molecule has 3 aromatic carbocycles. The quantitative estimate of drug-likeness (QED) is 0.308. The Morgan fingerprint density at radius 2 is 1.83 bits per heavy atom. The SMILES string of the molecule is COc1ccc(C(=O)CNc2nnc(SCc3cccc4ccccc34)s2)cc1. The van der Waals surface area contributed by atoms with Gasteiger partial charge in [0.1, 0.15) is 5.75 Å². The summed E-state index contributed by atoms with van der Waals surface area (Å²) in [6.45, 7) is 0.176. The molecule has 0 saturated carbocycles. The lowest BCUT2D eigenvalue weighted by Gasteiger charge is -2.04. The van der Waals surface area contributed by atoms with Crippen molar-refractivity contribution in [2.75, 3.05) is 19.0 Å². The minimum absolute atomic E-state index is 0.00666. The largest absolute Gasteiger partial charge is 0.497 e. The molecule has 29 heavy (non-hydrogen) atoms. The zero-order chi connectivity index (χ0) is 20.1. The predicted molar refractivity (Wildman–Crippen MR) is 119 cm³/mol. The minimum Gasteiger partial charge on any atom is -0.497 e. The van der Waals surface area contributed by atoms with Crippen LogP contribution in [0.15, 0.2) is 71.1 Å². The lowest BCUT2D eigenvalue weighted by atomic mass is 10.1. The summed E-state index contributed by atoms with van der Waals surface area (Å²) in [7, 11) is 1.60. The van der Waals surface area contributed by atoms with Crippen molar-refractivity contribution in [1.82, 2.24) is 10.2 Å². The third kappa shape index (κ3) is 4.75. The second kappa shape index (κ2) is 9.07. The maximum absolute atomic E-state index is 12.3. The van der Waals surface area contributed by atoms with Crippen molar-refractivity contribution in [3.8, 4) is 5.75 Å². The van der Waals surface area contributed by atoms with Crippen LogP contribution >= 0.6 is 23.1 Å². The van der Waals surface area contributed by atoms with Crippen LogP contribution in [-0.4, -0.2) is 29.6 Å². The van der Waals surface area contributed by atoms with E-state index in [0.717, 1.165) is 15.8 Å². The first-order chi connectivity index (χ1) is 14.2. The normalized spacial score (nSPS) is 10.8. The molecule has 0 aliphatic carbocycles. The fourth-order valence-corrected chi connectivity index (χ4v) is 4.68. The molecule has 0 bridgehead atoms. The van der Waals surface area contributed by atoms with Gasteiger partial charge in [0, 0.05) is 11.3 Å². The molecule has 7 heteroatoms. The van der Waals surface area contributed by atoms with Crippen molar-refractivity contribution in [3.63, 3.8) is 0 Å². The highest BCUT2D eigenvalue weighted by Crippen LogP contribution is 2.30. The lowest BCUT2D eigenvalue weighted by molar-refractivity contribution is 0.101. The van der Waals surface area contributed by atoms with Crippen LogP contribution in [0.25, 0.3) is 10.8 Å². The Labute approximate surface area is 177 Å². The van der Waals surface area contributed by atoms with Gasteiger partial charge >= 0.3 is 0 Å². The summed E-state index contributed by atoms with van der Waals surface area (Å²) in [5, 5.41) is 14.6. The van der Waals surface area contributed by atoms with Gasteiger partial charge in [-0.3, -0.25) is 4.79 Å². The van der Waals surface area contributed by atoms with E-state index in [1.54, 1.807) is 43.1 Å². The summed E-state index contributed by atoms with van der Waals surface area (Å²) in [5.74, 6) is 1.54. The van der Waals surface area contributed by atoms with Crippen molar-refractivity contribution in [2.24, 2.45) is 0 Å². The van der Waals surface area contributed by atoms with Gasteiger partial charge in [0.05, 0.1) is 13.7 Å². The van der Waals surface area contributed by atoms with Crippen LogP contribution in [0.3, 0.4) is 0 Å². The second-order valence-electron chi connectivity index (χ2n) is 6.31. The number of ketones is 1. The van der Waals surface area contributed by atoms with Crippen LogP contribution in [0.1, 0.15) is 15.9 Å². The van der Waals surface area contributed by atoms with Crippen molar-refractivity contribution in [2.45, 2.75) is 10.1 Å². The maximum Gasteiger partial charge on any atom is 0.206 e. The van der Waals surface area contributed by atoms with Crippen molar-refractivity contribution in [1.29, 1.82) is 0 Å². The average molecular weight is 422 g/mol. The van der Waals surface area contributed by atoms with Gasteiger partial charge in [-0.15, -0.1) is 10.2 Å². The lowest BCUT2D eigenvalue weighted by Crippen LogP contribution is -2.13. The number of thioether (sulfide) groups is 1. The van der Waals surface area contributed by atoms with E-state index in [1.807, 2.05) is 0 Å². The Balaban J connectivity index is 1.34. The van der Waals surface area contributed by atoms with E-state index in [1.165, 1.54) is 27.7 Å². The Bertz CT molecular complexity index is 1120. The Morgan fingerprint density at radius 1 is 1.03 bits per heavy atom. The van der Waals surface area contributed by atoms with Gasteiger partial charge in [-0.2, -0.15) is 0 Å². The van der Waals surface area contributed by atoms with E-state index in [0.29, 0.717) is 10.7 Å². The number of ether oxygens (including phenoxy) is 1. The summed E-state index contributed by atoms with van der Waals surface area (Å²) in [5.41, 5.74) is 1.90. The standard InChI is InChI=1S/C22H19N3O2S2/c1-27-18-11-9-16(10-12-18)20(26)13-23-21-24-25-22(29-21)28-14-17-7-4-6-15-5-2-3-8-19(15)17/h2-12H,13-14H2,1H3,(H,23,24). The van der Waals surface area contributed by atoms with Gasteiger partial charge in [0.15, 0.2) is 10.1 Å². The smallest absolute Gasteiger partial charge is 0.206 e. The van der Waals surface area contributed by atoms with Crippen molar-refractivity contribution in [3.05, 3.63) is 77.9 Å². The fraction of sp³-hybridized carbons (Fsp3) is 0.136. The van der Waals surface area contributed by atoms with E-state index in [9.17, 15) is 4.79 Å². The molecule has 0 saturated heterocycles. The number of aromatic nitrogens is 2. The van der Waals surface area contributed by atoms with E-state index in [4.69, 9.17) is 4.74 Å². The highest BCUT2D eigenvalue weighted by Gasteiger charge is 2.10. The molecular weight excluding hydrogens is 402 g/mol. The minimum atomic E-state index is -0.00666. The van der Waals surface area contributed by atoms with E-state index >= 15 is 0 Å². The summed E-state index contributed by atoms with van der Waals surface area (Å²) in [6.07, 6.45) is 0. The van der Waals surface area contributed by atoms with Crippen LogP contribution in [0.4, 0.5) is 5.13 Å². The Hall–Kier alpha value is -2.90. The van der Waals surface area contributed by atoms with Crippen molar-refractivity contribution < 1.29 is 9.53 Å². The molecule has 1 heterocycles. The number of nitrogens with one attached hydrogen (secondary N) is 1. The summed E-state index contributed by atoms with van der Waals surface area (Å²) in [4.78, 5) is 12.3. The third-order valence-electron chi connectivity index (χ3n) is 4.45. The van der Waals surface area contributed by atoms with Gasteiger partial charge in [-0.05, 0) is 40.6 Å². The molecule has 0 spiro atoms. The highest BCUT2D eigenvalue weighted by molar-refractivity contribution is 8.00. The van der Waals surface area contributed by atoms with E-state index in [-0.39, 0.29) is 12.3 Å². The molecule has 0 aliphatic heterocycles. The maximum atomic E-state index is 12.3. The topological polar surface area (TPSA) is 64.1 Å². The Morgan fingerprint density at radius 3 is 2.66 bits per heavy atom. The predicted octanol–water partition coefficient (Wildman–Crippen LogP) is 5.29. The molecule has 0 amide bonds. The number of hydrogen-bond acceptors (Lipinski definition) is 7. The number of methoxy groups -OCH3 is 1. The first-order valence-electron chi connectivity index (χ1n) is 9.07. The zero-order valence-electron chi connectivity index (χ0n) is 15.8. The molecule has 1 N–H and O–H groups in total. The van der Waals surface area contributed by atoms with Crippen LogP contribution < -0.4 is 10.1 Å². The molecule has 146 valence electrons. The molecule has 4 rings (SSSR count). The van der Waals surface area contributed by atoms with Gasteiger partial charge in [0.2, 0.25) is 5.13 Å². The number of carbonyl (C=O) groups excluding carboxylic acids is 1. The number of rotatable bonds is 8.